The number of allylic oxidation sites excluding steroid dienone is 1. The Morgan fingerprint density at radius 2 is 1.78 bits per heavy atom. The van der Waals surface area contributed by atoms with Gasteiger partial charge >= 0.3 is 5.97 Å². The smallest absolute Gasteiger partial charge is 0.306 e. The molecule has 3 amide bonds. The van der Waals surface area contributed by atoms with Crippen molar-refractivity contribution in [2.75, 3.05) is 13.7 Å². The largest absolute Gasteiger partial charge is 0.497 e. The number of carbonyl (C=O) groups is 4. The summed E-state index contributed by atoms with van der Waals surface area (Å²) >= 11 is 0. The molecule has 292 valence electrons. The second-order valence-electron chi connectivity index (χ2n) is 15.5. The minimum atomic E-state index is -3.88. The molecular weight excluding hydrogens is 715 g/mol. The predicted molar refractivity (Wildman–Crippen MR) is 198 cm³/mol. The number of amides is 3. The first-order chi connectivity index (χ1) is 26.0. The Balaban J connectivity index is 1.18. The van der Waals surface area contributed by atoms with Gasteiger partial charge in [-0.3, -0.25) is 23.9 Å². The highest BCUT2D eigenvalue weighted by Gasteiger charge is 2.62. The molecule has 2 N–H and O–H groups in total. The van der Waals surface area contributed by atoms with E-state index in [1.54, 1.807) is 19.2 Å². The third kappa shape index (κ3) is 8.35. The second kappa shape index (κ2) is 15.8. The number of nitrogens with zero attached hydrogens (tertiary/aromatic N) is 3. The van der Waals surface area contributed by atoms with Crippen LogP contribution in [-0.4, -0.2) is 89.7 Å². The fraction of sp³-hybridized carbons (Fsp3) is 0.641. The van der Waals surface area contributed by atoms with Gasteiger partial charge in [0.1, 0.15) is 35.2 Å². The summed E-state index contributed by atoms with van der Waals surface area (Å²) < 4.78 is 45.6. The lowest BCUT2D eigenvalue weighted by Crippen LogP contribution is -2.57. The quantitative estimate of drug-likeness (QED) is 0.263. The summed E-state index contributed by atoms with van der Waals surface area (Å²) in [6.07, 6.45) is 11.9. The molecule has 5 atom stereocenters. The summed E-state index contributed by atoms with van der Waals surface area (Å²) in [7, 11) is -2.31. The SMILES string of the molecule is CCc1nc2ccc(OC)cc2nc1O[C@@H]1C[C@H]2C(=O)N[C@]3(C(=O)NS(=O)(=O)C4CC4)C[C@H]3/C=C\CCCCC[C@H](CC(=O)OC3CCCC3)C(=O)N2C1. The van der Waals surface area contributed by atoms with Crippen molar-refractivity contribution in [3.05, 3.63) is 36.0 Å². The lowest BCUT2D eigenvalue weighted by Gasteiger charge is -2.29. The second-order valence-corrected chi connectivity index (χ2v) is 17.4. The van der Waals surface area contributed by atoms with E-state index in [4.69, 9.17) is 24.2 Å². The van der Waals surface area contributed by atoms with E-state index in [0.717, 1.165) is 44.9 Å². The summed E-state index contributed by atoms with van der Waals surface area (Å²) in [5.74, 6) is -2.37. The fourth-order valence-electron chi connectivity index (χ4n) is 8.08. The maximum atomic E-state index is 14.6. The fourth-order valence-corrected chi connectivity index (χ4v) is 9.45. The third-order valence-corrected chi connectivity index (χ3v) is 13.3. The molecule has 3 saturated carbocycles. The molecule has 3 aliphatic carbocycles. The molecule has 0 bridgehead atoms. The Labute approximate surface area is 316 Å². The number of rotatable bonds is 10. The number of carbonyl (C=O) groups excluding carboxylic acids is 4. The van der Waals surface area contributed by atoms with Gasteiger partial charge in [-0.15, -0.1) is 0 Å². The van der Waals surface area contributed by atoms with E-state index in [1.165, 1.54) is 4.90 Å². The summed E-state index contributed by atoms with van der Waals surface area (Å²) in [6.45, 7) is 1.97. The molecule has 54 heavy (non-hydrogen) atoms. The zero-order chi connectivity index (χ0) is 38.0. The molecule has 0 radical (unpaired) electrons. The normalized spacial score (nSPS) is 28.6. The molecule has 2 aliphatic heterocycles. The lowest BCUT2D eigenvalue weighted by molar-refractivity contribution is -0.154. The highest BCUT2D eigenvalue weighted by molar-refractivity contribution is 7.91. The number of esters is 1. The van der Waals surface area contributed by atoms with Crippen molar-refractivity contribution in [2.45, 2.75) is 132 Å². The molecule has 7 rings (SSSR count). The highest BCUT2D eigenvalue weighted by atomic mass is 32.2. The van der Waals surface area contributed by atoms with Gasteiger partial charge in [-0.2, -0.15) is 0 Å². The molecule has 4 fully saturated rings. The van der Waals surface area contributed by atoms with Crippen LogP contribution in [0.15, 0.2) is 30.4 Å². The Morgan fingerprint density at radius 3 is 2.52 bits per heavy atom. The Kier molecular flexibility index (Phi) is 11.1. The molecular formula is C39H51N5O9S. The minimum absolute atomic E-state index is 0.0324. The number of nitrogens with one attached hydrogen (secondary N) is 2. The molecule has 1 aromatic heterocycles. The number of aromatic nitrogens is 2. The van der Waals surface area contributed by atoms with E-state index in [1.807, 2.05) is 25.1 Å². The van der Waals surface area contributed by atoms with Crippen LogP contribution in [0.3, 0.4) is 0 Å². The van der Waals surface area contributed by atoms with Crippen LogP contribution in [0.4, 0.5) is 0 Å². The van der Waals surface area contributed by atoms with Gasteiger partial charge in [0.25, 0.3) is 5.91 Å². The summed E-state index contributed by atoms with van der Waals surface area (Å²) in [5.41, 5.74) is 0.361. The van der Waals surface area contributed by atoms with E-state index in [0.29, 0.717) is 54.6 Å². The van der Waals surface area contributed by atoms with Crippen molar-refractivity contribution in [2.24, 2.45) is 11.8 Å². The molecule has 0 unspecified atom stereocenters. The van der Waals surface area contributed by atoms with E-state index in [2.05, 4.69) is 10.0 Å². The zero-order valence-electron chi connectivity index (χ0n) is 31.1. The van der Waals surface area contributed by atoms with Gasteiger partial charge in [-0.25, -0.2) is 18.4 Å². The van der Waals surface area contributed by atoms with Crippen molar-refractivity contribution in [1.82, 2.24) is 24.9 Å². The predicted octanol–water partition coefficient (Wildman–Crippen LogP) is 4.04. The Bertz CT molecular complexity index is 1910. The van der Waals surface area contributed by atoms with E-state index >= 15 is 0 Å². The first kappa shape index (κ1) is 38.0. The molecule has 5 aliphatic rings. The first-order valence-electron chi connectivity index (χ1n) is 19.6. The Morgan fingerprint density at radius 1 is 1.00 bits per heavy atom. The standard InChI is InChI=1S/C39H51N5O9S/c1-3-30-36(41-32-20-27(51-2)15-18-31(32)40-30)53-28-21-33-35(46)42-39(38(48)43-54(49,50)29-16-17-29)22-25(39)12-8-6-4-5-7-11-24(37(47)44(33)23-28)19-34(45)52-26-13-9-10-14-26/h8,12,15,18,20,24-26,28-29,33H,3-7,9-11,13-14,16-17,19,21-23H2,1-2H3,(H,42,46)(H,43,48)/b12-8-/t24-,25-,28-,33+,39-/m1/s1. The van der Waals surface area contributed by atoms with Crippen LogP contribution in [0.1, 0.15) is 103 Å². The zero-order valence-corrected chi connectivity index (χ0v) is 31.9. The summed E-state index contributed by atoms with van der Waals surface area (Å²) in [4.78, 5) is 66.9. The first-order valence-corrected chi connectivity index (χ1v) is 21.1. The number of ether oxygens (including phenoxy) is 3. The van der Waals surface area contributed by atoms with Gasteiger partial charge in [-0.1, -0.05) is 31.9 Å². The van der Waals surface area contributed by atoms with Crippen molar-refractivity contribution in [3.63, 3.8) is 0 Å². The van der Waals surface area contributed by atoms with Gasteiger partial charge in [0, 0.05) is 24.3 Å². The number of hydrogen-bond acceptors (Lipinski definition) is 11. The van der Waals surface area contributed by atoms with Gasteiger partial charge in [0.15, 0.2) is 0 Å². The Hall–Kier alpha value is -4.27. The van der Waals surface area contributed by atoms with Crippen LogP contribution in [0.2, 0.25) is 0 Å². The van der Waals surface area contributed by atoms with Crippen LogP contribution in [0.5, 0.6) is 11.6 Å². The molecule has 15 heteroatoms. The minimum Gasteiger partial charge on any atom is -0.497 e. The lowest BCUT2D eigenvalue weighted by atomic mass is 9.95. The van der Waals surface area contributed by atoms with Crippen LogP contribution < -0.4 is 19.5 Å². The number of fused-ring (bicyclic) bond motifs is 3. The van der Waals surface area contributed by atoms with Crippen LogP contribution in [-0.2, 0) is 40.4 Å². The van der Waals surface area contributed by atoms with E-state index < -0.39 is 62.6 Å². The third-order valence-electron chi connectivity index (χ3n) is 11.5. The molecule has 2 aromatic rings. The number of benzene rings is 1. The highest BCUT2D eigenvalue weighted by Crippen LogP contribution is 2.46. The topological polar surface area (TPSA) is 183 Å². The van der Waals surface area contributed by atoms with Gasteiger partial charge in [0.05, 0.1) is 36.4 Å². The maximum absolute atomic E-state index is 14.6. The maximum Gasteiger partial charge on any atom is 0.306 e. The summed E-state index contributed by atoms with van der Waals surface area (Å²) in [6, 6.07) is 4.32. The average Bonchev–Trinajstić information content (AvgIpc) is 4.03. The molecule has 14 nitrogen and oxygen atoms in total. The van der Waals surface area contributed by atoms with E-state index in [9.17, 15) is 27.6 Å². The monoisotopic (exact) mass is 765 g/mol. The molecule has 1 saturated heterocycles. The van der Waals surface area contributed by atoms with Gasteiger partial charge in [-0.05, 0) is 82.8 Å². The van der Waals surface area contributed by atoms with Gasteiger partial charge < -0.3 is 24.4 Å². The number of hydrogen-bond donors (Lipinski definition) is 2. The molecule has 3 heterocycles. The van der Waals surface area contributed by atoms with Crippen LogP contribution in [0.25, 0.3) is 11.0 Å². The molecule has 0 spiro atoms. The van der Waals surface area contributed by atoms with Crippen molar-refractivity contribution < 1.29 is 41.8 Å². The van der Waals surface area contributed by atoms with Crippen LogP contribution in [0, 0.1) is 11.8 Å². The molecule has 1 aromatic carbocycles. The number of aryl methyl sites for hydroxylation is 1. The van der Waals surface area contributed by atoms with Crippen molar-refractivity contribution in [1.29, 1.82) is 0 Å². The van der Waals surface area contributed by atoms with Crippen molar-refractivity contribution in [3.8, 4) is 11.6 Å². The van der Waals surface area contributed by atoms with Crippen LogP contribution >= 0.6 is 0 Å². The van der Waals surface area contributed by atoms with E-state index in [-0.39, 0.29) is 43.7 Å². The summed E-state index contributed by atoms with van der Waals surface area (Å²) in [5, 5.41) is 2.29. The number of methoxy groups -OCH3 is 1. The average molecular weight is 766 g/mol. The van der Waals surface area contributed by atoms with Gasteiger partial charge in [0.2, 0.25) is 27.7 Å². The number of sulfonamides is 1. The van der Waals surface area contributed by atoms with Crippen molar-refractivity contribution >= 4 is 44.7 Å².